The standard InChI is InChI=1S/C20H38O3Si/c1-5-9-16-24(17-10-6-2,18-11-7-3)23-20(8-4)22-19-12-14-21-15-13-19/h8,12,14,19H,5-7,9-11,13,15-18H2,1-4H3/b20-8-/t19-/m0/s1. The summed E-state index contributed by atoms with van der Waals surface area (Å²) in [4.78, 5) is 0. The van der Waals surface area contributed by atoms with Gasteiger partial charge in [-0.15, -0.1) is 0 Å². The smallest absolute Gasteiger partial charge is 0.261 e. The number of allylic oxidation sites excluding steroid dienone is 1. The maximum Gasteiger partial charge on any atom is 0.261 e. The highest BCUT2D eigenvalue weighted by Crippen LogP contribution is 2.32. The molecule has 24 heavy (non-hydrogen) atoms. The molecule has 4 heteroatoms. The van der Waals surface area contributed by atoms with Gasteiger partial charge in [0.05, 0.1) is 12.9 Å². The third-order valence-electron chi connectivity index (χ3n) is 4.69. The molecule has 1 atom stereocenters. The lowest BCUT2D eigenvalue weighted by Crippen LogP contribution is -2.38. The van der Waals surface area contributed by atoms with Crippen LogP contribution in [-0.4, -0.2) is 21.0 Å². The van der Waals surface area contributed by atoms with E-state index >= 15 is 0 Å². The van der Waals surface area contributed by atoms with E-state index in [2.05, 4.69) is 20.8 Å². The van der Waals surface area contributed by atoms with Crippen molar-refractivity contribution in [3.8, 4) is 0 Å². The van der Waals surface area contributed by atoms with E-state index in [4.69, 9.17) is 13.9 Å². The first-order valence-corrected chi connectivity index (χ1v) is 12.5. The summed E-state index contributed by atoms with van der Waals surface area (Å²) < 4.78 is 18.1. The van der Waals surface area contributed by atoms with Crippen molar-refractivity contribution in [1.29, 1.82) is 0 Å². The van der Waals surface area contributed by atoms with Crippen LogP contribution in [0.2, 0.25) is 18.1 Å². The summed E-state index contributed by atoms with van der Waals surface area (Å²) in [5, 5.41) is 0. The molecule has 0 aromatic rings. The molecule has 0 spiro atoms. The third kappa shape index (κ3) is 7.78. The summed E-state index contributed by atoms with van der Waals surface area (Å²) in [6.07, 6.45) is 14.3. The topological polar surface area (TPSA) is 27.7 Å². The zero-order chi connectivity index (χ0) is 17.7. The van der Waals surface area contributed by atoms with E-state index in [1.54, 1.807) is 6.26 Å². The first kappa shape index (κ1) is 21.1. The fourth-order valence-electron chi connectivity index (χ4n) is 3.13. The van der Waals surface area contributed by atoms with E-state index in [1.807, 2.05) is 19.1 Å². The molecule has 140 valence electrons. The van der Waals surface area contributed by atoms with Crippen molar-refractivity contribution >= 4 is 8.32 Å². The van der Waals surface area contributed by atoms with Crippen molar-refractivity contribution in [2.75, 3.05) is 6.61 Å². The molecule has 1 aliphatic heterocycles. The highest BCUT2D eigenvalue weighted by Gasteiger charge is 2.36. The monoisotopic (exact) mass is 354 g/mol. The lowest BCUT2D eigenvalue weighted by atomic mass is 10.2. The van der Waals surface area contributed by atoms with Gasteiger partial charge in [-0.25, -0.2) is 0 Å². The first-order chi connectivity index (χ1) is 11.7. The molecule has 0 saturated carbocycles. The van der Waals surface area contributed by atoms with Crippen LogP contribution in [0.3, 0.4) is 0 Å². The quantitative estimate of drug-likeness (QED) is 0.278. The number of unbranched alkanes of at least 4 members (excludes halogenated alkanes) is 3. The molecule has 0 saturated heterocycles. The van der Waals surface area contributed by atoms with Crippen LogP contribution in [0.5, 0.6) is 0 Å². The van der Waals surface area contributed by atoms with Crippen molar-refractivity contribution in [3.05, 3.63) is 24.4 Å². The Balaban J connectivity index is 2.79. The van der Waals surface area contributed by atoms with Crippen LogP contribution in [0.4, 0.5) is 0 Å². The molecule has 0 aromatic carbocycles. The van der Waals surface area contributed by atoms with Crippen LogP contribution in [0.15, 0.2) is 24.4 Å². The summed E-state index contributed by atoms with van der Waals surface area (Å²) >= 11 is 0. The second-order valence-corrected chi connectivity index (χ2v) is 10.9. The van der Waals surface area contributed by atoms with Gasteiger partial charge in [0.25, 0.3) is 14.3 Å². The molecule has 0 N–H and O–H groups in total. The number of hydrogen-bond acceptors (Lipinski definition) is 3. The molecule has 0 radical (unpaired) electrons. The Morgan fingerprint density at radius 3 is 2.08 bits per heavy atom. The molecule has 1 aliphatic rings. The lowest BCUT2D eigenvalue weighted by molar-refractivity contribution is 0.0359. The number of ether oxygens (including phenoxy) is 2. The van der Waals surface area contributed by atoms with Gasteiger partial charge in [-0.05, 0) is 37.2 Å². The van der Waals surface area contributed by atoms with Crippen LogP contribution in [0.1, 0.15) is 72.6 Å². The highest BCUT2D eigenvalue weighted by molar-refractivity contribution is 6.74. The van der Waals surface area contributed by atoms with Crippen LogP contribution >= 0.6 is 0 Å². The molecule has 0 fully saturated rings. The molecule has 0 amide bonds. The van der Waals surface area contributed by atoms with Gasteiger partial charge in [0.1, 0.15) is 6.10 Å². The van der Waals surface area contributed by atoms with Crippen molar-refractivity contribution < 1.29 is 13.9 Å². The molecular weight excluding hydrogens is 316 g/mol. The summed E-state index contributed by atoms with van der Waals surface area (Å²) in [5.74, 6) is 0.751. The van der Waals surface area contributed by atoms with Crippen molar-refractivity contribution in [2.45, 2.75) is 96.9 Å². The van der Waals surface area contributed by atoms with Crippen LogP contribution in [0.25, 0.3) is 0 Å². The van der Waals surface area contributed by atoms with Gasteiger partial charge in [0, 0.05) is 6.42 Å². The van der Waals surface area contributed by atoms with Gasteiger partial charge < -0.3 is 13.9 Å². The normalized spacial score (nSPS) is 18.3. The number of rotatable bonds is 13. The maximum absolute atomic E-state index is 6.70. The van der Waals surface area contributed by atoms with E-state index in [1.165, 1.54) is 56.7 Å². The van der Waals surface area contributed by atoms with Gasteiger partial charge >= 0.3 is 0 Å². The SMILES string of the molecule is C/C=C(/O[C@H]1C=COCC1)O[Si](CCCC)(CCCC)CCCC. The van der Waals surface area contributed by atoms with Gasteiger partial charge in [0.15, 0.2) is 0 Å². The Morgan fingerprint density at radius 1 is 1.08 bits per heavy atom. The van der Waals surface area contributed by atoms with E-state index in [0.717, 1.165) is 19.0 Å². The van der Waals surface area contributed by atoms with Gasteiger partial charge in [-0.3, -0.25) is 0 Å². The Hall–Kier alpha value is -0.903. The molecule has 0 unspecified atom stereocenters. The molecule has 1 heterocycles. The zero-order valence-electron chi connectivity index (χ0n) is 16.3. The second-order valence-electron chi connectivity index (χ2n) is 6.85. The summed E-state index contributed by atoms with van der Waals surface area (Å²) in [5.41, 5.74) is 0. The fourth-order valence-corrected chi connectivity index (χ4v) is 7.77. The van der Waals surface area contributed by atoms with Crippen molar-refractivity contribution in [2.24, 2.45) is 0 Å². The summed E-state index contributed by atoms with van der Waals surface area (Å²) in [6, 6.07) is 3.77. The van der Waals surface area contributed by atoms with Gasteiger partial charge in [-0.1, -0.05) is 59.3 Å². The predicted octanol–water partition coefficient (Wildman–Crippen LogP) is 6.53. The first-order valence-electron chi connectivity index (χ1n) is 10.00. The minimum Gasteiger partial charge on any atom is -0.519 e. The van der Waals surface area contributed by atoms with Crippen molar-refractivity contribution in [3.63, 3.8) is 0 Å². The third-order valence-corrected chi connectivity index (χ3v) is 9.12. The largest absolute Gasteiger partial charge is 0.519 e. The van der Waals surface area contributed by atoms with Gasteiger partial charge in [-0.2, -0.15) is 0 Å². The zero-order valence-corrected chi connectivity index (χ0v) is 17.3. The molecule has 1 rings (SSSR count). The fraction of sp³-hybridized carbons (Fsp3) is 0.800. The van der Waals surface area contributed by atoms with E-state index < -0.39 is 8.32 Å². The Kier molecular flexibility index (Phi) is 11.0. The maximum atomic E-state index is 6.70. The number of hydrogen-bond donors (Lipinski definition) is 0. The average Bonchev–Trinajstić information content (AvgIpc) is 2.63. The van der Waals surface area contributed by atoms with Gasteiger partial charge in [0.2, 0.25) is 0 Å². The molecule has 3 nitrogen and oxygen atoms in total. The van der Waals surface area contributed by atoms with Crippen LogP contribution in [0, 0.1) is 0 Å². The Labute approximate surface area is 150 Å². The minimum absolute atomic E-state index is 0.0835. The Morgan fingerprint density at radius 2 is 1.67 bits per heavy atom. The van der Waals surface area contributed by atoms with Crippen molar-refractivity contribution in [1.82, 2.24) is 0 Å². The van der Waals surface area contributed by atoms with E-state index in [9.17, 15) is 0 Å². The highest BCUT2D eigenvalue weighted by atomic mass is 28.4. The van der Waals surface area contributed by atoms with E-state index in [-0.39, 0.29) is 6.10 Å². The molecule has 0 aromatic heterocycles. The minimum atomic E-state index is -1.78. The molecule has 0 bridgehead atoms. The summed E-state index contributed by atoms with van der Waals surface area (Å²) in [7, 11) is -1.78. The molecule has 0 aliphatic carbocycles. The second kappa shape index (κ2) is 12.5. The predicted molar refractivity (Wildman–Crippen MR) is 104 cm³/mol. The lowest BCUT2D eigenvalue weighted by Gasteiger charge is -2.34. The average molecular weight is 355 g/mol. The molecular formula is C20H38O3Si. The van der Waals surface area contributed by atoms with Crippen LogP contribution < -0.4 is 0 Å². The summed E-state index contributed by atoms with van der Waals surface area (Å²) in [6.45, 7) is 9.58. The van der Waals surface area contributed by atoms with E-state index in [0.29, 0.717) is 0 Å². The van der Waals surface area contributed by atoms with Crippen LogP contribution in [-0.2, 0) is 13.9 Å². The Bertz CT molecular complexity index is 357.